The van der Waals surface area contributed by atoms with Crippen molar-refractivity contribution in [2.24, 2.45) is 5.73 Å². The Bertz CT molecular complexity index is 609. The molecule has 0 aliphatic heterocycles. The summed E-state index contributed by atoms with van der Waals surface area (Å²) >= 11 is 0. The molecule has 0 saturated carbocycles. The summed E-state index contributed by atoms with van der Waals surface area (Å²) in [7, 11) is 0. The Morgan fingerprint density at radius 2 is 1.33 bits per heavy atom. The summed E-state index contributed by atoms with van der Waals surface area (Å²) in [5, 5.41) is 0. The van der Waals surface area contributed by atoms with Gasteiger partial charge in [0.1, 0.15) is 0 Å². The quantitative estimate of drug-likeness (QED) is 0.773. The average Bonchev–Trinajstić information content (AvgIpc) is 2.46. The molecule has 1 unspecified atom stereocenters. The summed E-state index contributed by atoms with van der Waals surface area (Å²) < 4.78 is 0. The van der Waals surface area contributed by atoms with Crippen LogP contribution in [0.4, 0.5) is 0 Å². The first-order chi connectivity index (χ1) is 9.91. The van der Waals surface area contributed by atoms with Crippen LogP contribution in [0.15, 0.2) is 42.5 Å². The SMILES string of the molecule is CC(C)c1ccc(-c2ccccc2C(C)N)c(C(C)C)c1. The fourth-order valence-corrected chi connectivity index (χ4v) is 2.80. The fraction of sp³-hybridized carbons (Fsp3) is 0.400. The van der Waals surface area contributed by atoms with Crippen molar-refractivity contribution in [2.45, 2.75) is 52.5 Å². The molecule has 2 N–H and O–H groups in total. The molecule has 0 aliphatic carbocycles. The third kappa shape index (κ3) is 3.36. The molecule has 0 aliphatic rings. The summed E-state index contributed by atoms with van der Waals surface area (Å²) in [6.07, 6.45) is 0. The number of nitrogens with two attached hydrogens (primary N) is 1. The molecule has 1 atom stereocenters. The van der Waals surface area contributed by atoms with Crippen molar-refractivity contribution in [1.82, 2.24) is 0 Å². The third-order valence-electron chi connectivity index (χ3n) is 4.11. The third-order valence-corrected chi connectivity index (χ3v) is 4.11. The summed E-state index contributed by atoms with van der Waals surface area (Å²) in [6.45, 7) is 11.1. The number of rotatable bonds is 4. The van der Waals surface area contributed by atoms with Gasteiger partial charge in [-0.25, -0.2) is 0 Å². The van der Waals surface area contributed by atoms with Gasteiger partial charge in [-0.3, -0.25) is 0 Å². The molecular weight excluding hydrogens is 254 g/mol. The van der Waals surface area contributed by atoms with Gasteiger partial charge in [0.15, 0.2) is 0 Å². The topological polar surface area (TPSA) is 26.0 Å². The molecule has 21 heavy (non-hydrogen) atoms. The number of hydrogen-bond acceptors (Lipinski definition) is 1. The summed E-state index contributed by atoms with van der Waals surface area (Å²) in [5.41, 5.74) is 12.8. The smallest absolute Gasteiger partial charge is 0.0272 e. The molecule has 0 heterocycles. The van der Waals surface area contributed by atoms with Gasteiger partial charge in [-0.2, -0.15) is 0 Å². The van der Waals surface area contributed by atoms with Crippen molar-refractivity contribution >= 4 is 0 Å². The van der Waals surface area contributed by atoms with E-state index in [9.17, 15) is 0 Å². The van der Waals surface area contributed by atoms with Crippen LogP contribution in [-0.4, -0.2) is 0 Å². The molecule has 0 amide bonds. The Balaban J connectivity index is 2.64. The Morgan fingerprint density at radius 3 is 1.90 bits per heavy atom. The minimum Gasteiger partial charge on any atom is -0.324 e. The Labute approximate surface area is 129 Å². The molecule has 0 radical (unpaired) electrons. The van der Waals surface area contributed by atoms with E-state index in [4.69, 9.17) is 5.73 Å². The normalized spacial score (nSPS) is 13.0. The molecule has 2 aromatic carbocycles. The second kappa shape index (κ2) is 6.44. The van der Waals surface area contributed by atoms with Gasteiger partial charge in [0.05, 0.1) is 0 Å². The maximum absolute atomic E-state index is 6.16. The van der Waals surface area contributed by atoms with Crippen LogP contribution >= 0.6 is 0 Å². The van der Waals surface area contributed by atoms with Gasteiger partial charge in [-0.15, -0.1) is 0 Å². The van der Waals surface area contributed by atoms with Gasteiger partial charge in [0, 0.05) is 6.04 Å². The van der Waals surface area contributed by atoms with Crippen LogP contribution in [0.5, 0.6) is 0 Å². The van der Waals surface area contributed by atoms with Gasteiger partial charge in [0.2, 0.25) is 0 Å². The zero-order valence-electron chi connectivity index (χ0n) is 13.9. The molecular formula is C20H27N. The molecule has 2 rings (SSSR count). The van der Waals surface area contributed by atoms with E-state index in [1.807, 2.05) is 0 Å². The molecule has 0 fully saturated rings. The van der Waals surface area contributed by atoms with Gasteiger partial charge >= 0.3 is 0 Å². The molecule has 0 aromatic heterocycles. The zero-order chi connectivity index (χ0) is 15.6. The van der Waals surface area contributed by atoms with Crippen molar-refractivity contribution < 1.29 is 0 Å². The van der Waals surface area contributed by atoms with E-state index in [-0.39, 0.29) is 6.04 Å². The minimum absolute atomic E-state index is 0.0472. The highest BCUT2D eigenvalue weighted by Crippen LogP contribution is 2.35. The van der Waals surface area contributed by atoms with Crippen LogP contribution in [0.3, 0.4) is 0 Å². The molecule has 0 spiro atoms. The Kier molecular flexibility index (Phi) is 4.84. The molecule has 0 saturated heterocycles. The van der Waals surface area contributed by atoms with Crippen LogP contribution in [0.1, 0.15) is 69.2 Å². The van der Waals surface area contributed by atoms with E-state index < -0.39 is 0 Å². The minimum atomic E-state index is 0.0472. The summed E-state index contributed by atoms with van der Waals surface area (Å²) in [4.78, 5) is 0. The average molecular weight is 281 g/mol. The van der Waals surface area contributed by atoms with E-state index in [0.717, 1.165) is 0 Å². The highest BCUT2D eigenvalue weighted by molar-refractivity contribution is 5.72. The second-order valence-electron chi connectivity index (χ2n) is 6.53. The fourth-order valence-electron chi connectivity index (χ4n) is 2.80. The van der Waals surface area contributed by atoms with Crippen molar-refractivity contribution in [2.75, 3.05) is 0 Å². The van der Waals surface area contributed by atoms with Crippen molar-refractivity contribution in [3.8, 4) is 11.1 Å². The number of hydrogen-bond donors (Lipinski definition) is 1. The standard InChI is InChI=1S/C20H27N/c1-13(2)16-10-11-19(20(12-16)14(3)4)18-9-7-6-8-17(18)15(5)21/h6-15H,21H2,1-5H3. The molecule has 1 nitrogen and oxygen atoms in total. The van der Waals surface area contributed by atoms with E-state index in [2.05, 4.69) is 77.1 Å². The van der Waals surface area contributed by atoms with Crippen LogP contribution < -0.4 is 5.73 Å². The van der Waals surface area contributed by atoms with Gasteiger partial charge < -0.3 is 5.73 Å². The largest absolute Gasteiger partial charge is 0.324 e. The maximum atomic E-state index is 6.16. The van der Waals surface area contributed by atoms with Crippen LogP contribution in [-0.2, 0) is 0 Å². The lowest BCUT2D eigenvalue weighted by Crippen LogP contribution is -2.07. The van der Waals surface area contributed by atoms with Gasteiger partial charge in [-0.1, -0.05) is 70.2 Å². The van der Waals surface area contributed by atoms with E-state index in [1.165, 1.54) is 27.8 Å². The van der Waals surface area contributed by atoms with Crippen LogP contribution in [0.2, 0.25) is 0 Å². The molecule has 1 heteroatoms. The lowest BCUT2D eigenvalue weighted by Gasteiger charge is -2.20. The number of benzene rings is 2. The first-order valence-corrected chi connectivity index (χ1v) is 7.90. The molecule has 0 bridgehead atoms. The van der Waals surface area contributed by atoms with E-state index in [0.29, 0.717) is 11.8 Å². The van der Waals surface area contributed by atoms with E-state index >= 15 is 0 Å². The van der Waals surface area contributed by atoms with Crippen LogP contribution in [0.25, 0.3) is 11.1 Å². The predicted molar refractivity (Wildman–Crippen MR) is 92.7 cm³/mol. The highest BCUT2D eigenvalue weighted by Gasteiger charge is 2.15. The highest BCUT2D eigenvalue weighted by atomic mass is 14.6. The Morgan fingerprint density at radius 1 is 0.714 bits per heavy atom. The summed E-state index contributed by atoms with van der Waals surface area (Å²) in [5.74, 6) is 1.06. The van der Waals surface area contributed by atoms with E-state index in [1.54, 1.807) is 0 Å². The monoisotopic (exact) mass is 281 g/mol. The first kappa shape index (κ1) is 15.8. The zero-order valence-corrected chi connectivity index (χ0v) is 13.9. The van der Waals surface area contributed by atoms with Gasteiger partial charge in [-0.05, 0) is 46.6 Å². The lowest BCUT2D eigenvalue weighted by atomic mass is 9.86. The van der Waals surface area contributed by atoms with Crippen molar-refractivity contribution in [3.63, 3.8) is 0 Å². The summed E-state index contributed by atoms with van der Waals surface area (Å²) in [6, 6.07) is 15.4. The van der Waals surface area contributed by atoms with Crippen molar-refractivity contribution in [1.29, 1.82) is 0 Å². The van der Waals surface area contributed by atoms with Gasteiger partial charge in [0.25, 0.3) is 0 Å². The Hall–Kier alpha value is -1.60. The lowest BCUT2D eigenvalue weighted by molar-refractivity contribution is 0.815. The van der Waals surface area contributed by atoms with Crippen molar-refractivity contribution in [3.05, 3.63) is 59.2 Å². The predicted octanol–water partition coefficient (Wildman–Crippen LogP) is 5.62. The van der Waals surface area contributed by atoms with Crippen LogP contribution in [0, 0.1) is 0 Å². The second-order valence-corrected chi connectivity index (χ2v) is 6.53. The molecule has 112 valence electrons. The molecule has 2 aromatic rings. The maximum Gasteiger partial charge on any atom is 0.0272 e. The first-order valence-electron chi connectivity index (χ1n) is 7.90.